The number of benzene rings is 4. The Balaban J connectivity index is 0.000000179. The number of aryl methyl sites for hydroxylation is 3. The lowest BCUT2D eigenvalue weighted by atomic mass is 9.93. The monoisotopic (exact) mass is 312 g/mol. The van der Waals surface area contributed by atoms with Crippen LogP contribution in [0, 0.1) is 13.8 Å². The van der Waals surface area contributed by atoms with Gasteiger partial charge in [0, 0.05) is 0 Å². The lowest BCUT2D eigenvalue weighted by Gasteiger charge is -2.11. The summed E-state index contributed by atoms with van der Waals surface area (Å²) in [5.41, 5.74) is 4.18. The van der Waals surface area contributed by atoms with E-state index in [1.165, 1.54) is 38.2 Å². The minimum absolute atomic E-state index is 1.14. The Hall–Kier alpha value is -2.60. The highest BCUT2D eigenvalue weighted by Gasteiger charge is 2.06. The van der Waals surface area contributed by atoms with Crippen molar-refractivity contribution in [1.29, 1.82) is 0 Å². The van der Waals surface area contributed by atoms with Crippen LogP contribution in [0.25, 0.3) is 21.5 Å². The Morgan fingerprint density at radius 1 is 0.500 bits per heavy atom. The molecule has 0 amide bonds. The molecule has 0 nitrogen and oxygen atoms in total. The number of hydrogen-bond acceptors (Lipinski definition) is 0. The van der Waals surface area contributed by atoms with Crippen LogP contribution in [0.3, 0.4) is 0 Å². The van der Waals surface area contributed by atoms with Crippen molar-refractivity contribution < 1.29 is 0 Å². The van der Waals surface area contributed by atoms with E-state index in [4.69, 9.17) is 0 Å². The van der Waals surface area contributed by atoms with E-state index in [0.717, 1.165) is 6.42 Å². The summed E-state index contributed by atoms with van der Waals surface area (Å²) in [6, 6.07) is 27.8. The summed E-state index contributed by atoms with van der Waals surface area (Å²) < 4.78 is 0. The lowest BCUT2D eigenvalue weighted by Crippen LogP contribution is -1.87. The Morgan fingerprint density at radius 3 is 1.12 bits per heavy atom. The van der Waals surface area contributed by atoms with Crippen molar-refractivity contribution in [3.05, 3.63) is 95.6 Å². The molecular formula is C24H24. The van der Waals surface area contributed by atoms with E-state index in [2.05, 4.69) is 93.6 Å². The fourth-order valence-corrected chi connectivity index (χ4v) is 3.28. The van der Waals surface area contributed by atoms with E-state index < -0.39 is 0 Å². The SMILES string of the molecule is CCc1ccccc1.Cc1c2ccccc2c(C)c2ccccc12. The summed E-state index contributed by atoms with van der Waals surface area (Å²) in [5.74, 6) is 0. The zero-order chi connectivity index (χ0) is 16.9. The molecule has 0 saturated heterocycles. The van der Waals surface area contributed by atoms with Crippen LogP contribution in [-0.2, 0) is 6.42 Å². The van der Waals surface area contributed by atoms with Crippen molar-refractivity contribution in [2.24, 2.45) is 0 Å². The van der Waals surface area contributed by atoms with Crippen molar-refractivity contribution in [3.8, 4) is 0 Å². The molecule has 0 aliphatic heterocycles. The first-order valence-corrected chi connectivity index (χ1v) is 8.63. The predicted molar refractivity (Wildman–Crippen MR) is 107 cm³/mol. The average molecular weight is 312 g/mol. The van der Waals surface area contributed by atoms with Crippen molar-refractivity contribution in [2.75, 3.05) is 0 Å². The van der Waals surface area contributed by atoms with E-state index in [1.807, 2.05) is 6.07 Å². The van der Waals surface area contributed by atoms with Crippen LogP contribution in [0.15, 0.2) is 78.9 Å². The van der Waals surface area contributed by atoms with Gasteiger partial charge in [-0.3, -0.25) is 0 Å². The maximum Gasteiger partial charge on any atom is -0.0146 e. The van der Waals surface area contributed by atoms with Crippen molar-refractivity contribution in [3.63, 3.8) is 0 Å². The van der Waals surface area contributed by atoms with Crippen LogP contribution in [0.5, 0.6) is 0 Å². The zero-order valence-corrected chi connectivity index (χ0v) is 14.7. The molecule has 0 heterocycles. The van der Waals surface area contributed by atoms with E-state index >= 15 is 0 Å². The third kappa shape index (κ3) is 3.19. The van der Waals surface area contributed by atoms with Gasteiger partial charge in [-0.15, -0.1) is 0 Å². The largest absolute Gasteiger partial charge is 0.0622 e. The summed E-state index contributed by atoms with van der Waals surface area (Å²) in [6.07, 6.45) is 1.14. The van der Waals surface area contributed by atoms with Crippen molar-refractivity contribution >= 4 is 21.5 Å². The molecule has 120 valence electrons. The highest BCUT2D eigenvalue weighted by Crippen LogP contribution is 2.31. The summed E-state index contributed by atoms with van der Waals surface area (Å²) in [4.78, 5) is 0. The second-order valence-corrected chi connectivity index (χ2v) is 6.18. The summed E-state index contributed by atoms with van der Waals surface area (Å²) in [7, 11) is 0. The average Bonchev–Trinajstić information content (AvgIpc) is 2.67. The van der Waals surface area contributed by atoms with Gasteiger partial charge in [-0.25, -0.2) is 0 Å². The molecule has 0 fully saturated rings. The molecular weight excluding hydrogens is 288 g/mol. The third-order valence-corrected chi connectivity index (χ3v) is 4.72. The molecule has 4 rings (SSSR count). The highest BCUT2D eigenvalue weighted by atomic mass is 14.1. The molecule has 4 aromatic carbocycles. The topological polar surface area (TPSA) is 0 Å². The smallest absolute Gasteiger partial charge is 0.0146 e. The first-order chi connectivity index (χ1) is 11.7. The van der Waals surface area contributed by atoms with E-state index in [0.29, 0.717) is 0 Å². The Morgan fingerprint density at radius 2 is 0.833 bits per heavy atom. The molecule has 0 aromatic heterocycles. The number of rotatable bonds is 1. The zero-order valence-electron chi connectivity index (χ0n) is 14.7. The molecule has 0 N–H and O–H groups in total. The van der Waals surface area contributed by atoms with Crippen LogP contribution < -0.4 is 0 Å². The van der Waals surface area contributed by atoms with Crippen molar-refractivity contribution in [1.82, 2.24) is 0 Å². The van der Waals surface area contributed by atoms with Crippen LogP contribution in [0.4, 0.5) is 0 Å². The molecule has 4 aromatic rings. The van der Waals surface area contributed by atoms with Crippen molar-refractivity contribution in [2.45, 2.75) is 27.2 Å². The van der Waals surface area contributed by atoms with E-state index in [-0.39, 0.29) is 0 Å². The molecule has 0 atom stereocenters. The second kappa shape index (κ2) is 7.31. The van der Waals surface area contributed by atoms with E-state index in [1.54, 1.807) is 0 Å². The van der Waals surface area contributed by atoms with Gasteiger partial charge in [0.15, 0.2) is 0 Å². The fourth-order valence-electron chi connectivity index (χ4n) is 3.28. The molecule has 0 bridgehead atoms. The Kier molecular flexibility index (Phi) is 4.96. The minimum Gasteiger partial charge on any atom is -0.0622 e. The summed E-state index contributed by atoms with van der Waals surface area (Å²) >= 11 is 0. The first kappa shape index (κ1) is 16.3. The van der Waals surface area contributed by atoms with Gasteiger partial charge >= 0.3 is 0 Å². The van der Waals surface area contributed by atoms with Crippen LogP contribution in [0.2, 0.25) is 0 Å². The molecule has 0 saturated carbocycles. The normalized spacial score (nSPS) is 10.5. The van der Waals surface area contributed by atoms with Gasteiger partial charge in [0.1, 0.15) is 0 Å². The second-order valence-electron chi connectivity index (χ2n) is 6.18. The fraction of sp³-hybridized carbons (Fsp3) is 0.167. The van der Waals surface area contributed by atoms with Gasteiger partial charge in [-0.2, -0.15) is 0 Å². The maximum absolute atomic E-state index is 2.21. The molecule has 0 radical (unpaired) electrons. The van der Waals surface area contributed by atoms with Gasteiger partial charge in [0.05, 0.1) is 0 Å². The Bertz CT molecular complexity index is 832. The third-order valence-electron chi connectivity index (χ3n) is 4.72. The summed E-state index contributed by atoms with van der Waals surface area (Å²) in [5, 5.41) is 5.50. The highest BCUT2D eigenvalue weighted by molar-refractivity contribution is 6.05. The number of hydrogen-bond donors (Lipinski definition) is 0. The van der Waals surface area contributed by atoms with Gasteiger partial charge in [0.2, 0.25) is 0 Å². The van der Waals surface area contributed by atoms with Crippen LogP contribution in [0.1, 0.15) is 23.6 Å². The van der Waals surface area contributed by atoms with Gasteiger partial charge in [0.25, 0.3) is 0 Å². The molecule has 0 unspecified atom stereocenters. The molecule has 0 aliphatic rings. The standard InChI is InChI=1S/C16H14.C8H10/c1-11-13-7-3-5-9-15(13)12(2)16-10-6-4-8-14(11)16;1-2-8-6-4-3-5-7-8/h3-10H,1-2H3;3-7H,2H2,1H3. The molecule has 0 heteroatoms. The van der Waals surface area contributed by atoms with Gasteiger partial charge in [-0.05, 0) is 58.5 Å². The van der Waals surface area contributed by atoms with Gasteiger partial charge in [-0.1, -0.05) is 85.8 Å². The minimum atomic E-state index is 1.14. The quantitative estimate of drug-likeness (QED) is 0.337. The summed E-state index contributed by atoms with van der Waals surface area (Å²) in [6.45, 7) is 6.59. The first-order valence-electron chi connectivity index (χ1n) is 8.63. The molecule has 24 heavy (non-hydrogen) atoms. The van der Waals surface area contributed by atoms with Crippen LogP contribution >= 0.6 is 0 Å². The maximum atomic E-state index is 2.21. The van der Waals surface area contributed by atoms with E-state index in [9.17, 15) is 0 Å². The molecule has 0 aliphatic carbocycles. The molecule has 0 spiro atoms. The lowest BCUT2D eigenvalue weighted by molar-refractivity contribution is 1.14. The number of fused-ring (bicyclic) bond motifs is 2. The van der Waals surface area contributed by atoms with Crippen LogP contribution in [-0.4, -0.2) is 0 Å². The Labute approximate surface area is 144 Å². The predicted octanol–water partition coefficient (Wildman–Crippen LogP) is 6.86. The van der Waals surface area contributed by atoms with Gasteiger partial charge < -0.3 is 0 Å².